The second-order valence-electron chi connectivity index (χ2n) is 4.58. The Hall–Kier alpha value is -1.62. The molecule has 1 amide bonds. The van der Waals surface area contributed by atoms with Crippen molar-refractivity contribution in [2.75, 3.05) is 18.5 Å². The first-order valence-electron chi connectivity index (χ1n) is 5.92. The molecule has 1 atom stereocenters. The number of nitrogens with two attached hydrogens (primary N) is 1. The predicted octanol–water partition coefficient (Wildman–Crippen LogP) is 1.24. The summed E-state index contributed by atoms with van der Waals surface area (Å²) in [5.41, 5.74) is 3.07. The Morgan fingerprint density at radius 1 is 1.59 bits per heavy atom. The minimum atomic E-state index is 0.0626. The van der Waals surface area contributed by atoms with Gasteiger partial charge in [-0.3, -0.25) is 4.79 Å². The standard InChI is InChI=1S/C12H18N4O/c1-9-3-2-6-16(8-9)12(17)10-4-5-11(15-13)14-7-10/h4-5,7,9H,2-3,6,8,13H2,1H3,(H,14,15). The third-order valence-corrected chi connectivity index (χ3v) is 3.10. The Morgan fingerprint density at radius 2 is 2.41 bits per heavy atom. The Morgan fingerprint density at radius 3 is 3.00 bits per heavy atom. The fourth-order valence-electron chi connectivity index (χ4n) is 2.16. The van der Waals surface area contributed by atoms with Crippen LogP contribution in [0.15, 0.2) is 18.3 Å². The number of rotatable bonds is 2. The summed E-state index contributed by atoms with van der Waals surface area (Å²) in [5, 5.41) is 0. The van der Waals surface area contributed by atoms with Crippen molar-refractivity contribution in [3.8, 4) is 0 Å². The highest BCUT2D eigenvalue weighted by molar-refractivity contribution is 5.94. The van der Waals surface area contributed by atoms with Gasteiger partial charge in [0.2, 0.25) is 0 Å². The van der Waals surface area contributed by atoms with Crippen LogP contribution in [0.4, 0.5) is 5.82 Å². The first kappa shape index (κ1) is 11.9. The zero-order valence-corrected chi connectivity index (χ0v) is 10.0. The van der Waals surface area contributed by atoms with Crippen LogP contribution in [-0.4, -0.2) is 28.9 Å². The topological polar surface area (TPSA) is 71.2 Å². The van der Waals surface area contributed by atoms with E-state index >= 15 is 0 Å². The van der Waals surface area contributed by atoms with Crippen LogP contribution < -0.4 is 11.3 Å². The number of pyridine rings is 1. The maximum Gasteiger partial charge on any atom is 0.255 e. The van der Waals surface area contributed by atoms with E-state index in [-0.39, 0.29) is 5.91 Å². The zero-order valence-electron chi connectivity index (χ0n) is 10.0. The number of carbonyl (C=O) groups excluding carboxylic acids is 1. The highest BCUT2D eigenvalue weighted by Crippen LogP contribution is 2.17. The predicted molar refractivity (Wildman–Crippen MR) is 66.3 cm³/mol. The molecule has 5 heteroatoms. The van der Waals surface area contributed by atoms with Crippen LogP contribution in [0.2, 0.25) is 0 Å². The van der Waals surface area contributed by atoms with Gasteiger partial charge in [-0.25, -0.2) is 10.8 Å². The first-order chi connectivity index (χ1) is 8.20. The summed E-state index contributed by atoms with van der Waals surface area (Å²) < 4.78 is 0. The van der Waals surface area contributed by atoms with Gasteiger partial charge in [-0.05, 0) is 30.9 Å². The normalized spacial score (nSPS) is 20.1. The lowest BCUT2D eigenvalue weighted by Crippen LogP contribution is -2.39. The number of nitrogens with one attached hydrogen (secondary N) is 1. The van der Waals surface area contributed by atoms with E-state index in [2.05, 4.69) is 17.3 Å². The third kappa shape index (κ3) is 2.74. The fourth-order valence-corrected chi connectivity index (χ4v) is 2.16. The zero-order chi connectivity index (χ0) is 12.3. The Balaban J connectivity index is 2.07. The van der Waals surface area contributed by atoms with Crippen LogP contribution >= 0.6 is 0 Å². The van der Waals surface area contributed by atoms with E-state index in [1.807, 2.05) is 4.90 Å². The van der Waals surface area contributed by atoms with Crippen LogP contribution in [0.1, 0.15) is 30.1 Å². The van der Waals surface area contributed by atoms with Crippen molar-refractivity contribution < 1.29 is 4.79 Å². The summed E-state index contributed by atoms with van der Waals surface area (Å²) >= 11 is 0. The molecule has 1 aliphatic heterocycles. The van der Waals surface area contributed by atoms with E-state index in [9.17, 15) is 4.79 Å². The number of hydrogen-bond acceptors (Lipinski definition) is 4. The van der Waals surface area contributed by atoms with E-state index < -0.39 is 0 Å². The molecule has 1 aliphatic rings. The molecule has 1 aromatic heterocycles. The van der Waals surface area contributed by atoms with Crippen molar-refractivity contribution in [1.82, 2.24) is 9.88 Å². The Labute approximate surface area is 101 Å². The van der Waals surface area contributed by atoms with Gasteiger partial charge in [0.15, 0.2) is 0 Å². The fraction of sp³-hybridized carbons (Fsp3) is 0.500. The third-order valence-electron chi connectivity index (χ3n) is 3.10. The van der Waals surface area contributed by atoms with Gasteiger partial charge >= 0.3 is 0 Å². The average Bonchev–Trinajstić information content (AvgIpc) is 2.38. The molecule has 0 radical (unpaired) electrons. The van der Waals surface area contributed by atoms with E-state index in [4.69, 9.17) is 5.84 Å². The molecule has 2 heterocycles. The number of hydrazine groups is 1. The molecule has 0 saturated carbocycles. The van der Waals surface area contributed by atoms with Gasteiger partial charge in [0.25, 0.3) is 5.91 Å². The first-order valence-corrected chi connectivity index (χ1v) is 5.92. The average molecular weight is 234 g/mol. The molecule has 2 rings (SSSR count). The number of nitrogen functional groups attached to an aromatic ring is 1. The molecule has 92 valence electrons. The second-order valence-corrected chi connectivity index (χ2v) is 4.58. The van der Waals surface area contributed by atoms with E-state index in [1.165, 1.54) is 6.42 Å². The van der Waals surface area contributed by atoms with Crippen LogP contribution in [-0.2, 0) is 0 Å². The molecule has 3 N–H and O–H groups in total. The van der Waals surface area contributed by atoms with Crippen LogP contribution in [0, 0.1) is 5.92 Å². The quantitative estimate of drug-likeness (QED) is 0.596. The van der Waals surface area contributed by atoms with Gasteiger partial charge in [-0.15, -0.1) is 0 Å². The number of hydrogen-bond donors (Lipinski definition) is 2. The van der Waals surface area contributed by atoms with Gasteiger partial charge in [0.05, 0.1) is 5.56 Å². The monoisotopic (exact) mass is 234 g/mol. The molecule has 0 aromatic carbocycles. The lowest BCUT2D eigenvalue weighted by Gasteiger charge is -2.30. The minimum Gasteiger partial charge on any atom is -0.338 e. The number of likely N-dealkylation sites (tertiary alicyclic amines) is 1. The largest absolute Gasteiger partial charge is 0.338 e. The van der Waals surface area contributed by atoms with Crippen molar-refractivity contribution in [2.45, 2.75) is 19.8 Å². The van der Waals surface area contributed by atoms with Gasteiger partial charge in [-0.1, -0.05) is 6.92 Å². The molecule has 17 heavy (non-hydrogen) atoms. The summed E-state index contributed by atoms with van der Waals surface area (Å²) in [6, 6.07) is 3.46. The lowest BCUT2D eigenvalue weighted by molar-refractivity contribution is 0.0682. The smallest absolute Gasteiger partial charge is 0.255 e. The summed E-state index contributed by atoms with van der Waals surface area (Å²) in [5.74, 6) is 6.44. The maximum absolute atomic E-state index is 12.2. The van der Waals surface area contributed by atoms with Crippen molar-refractivity contribution in [3.05, 3.63) is 23.9 Å². The number of aromatic nitrogens is 1. The van der Waals surface area contributed by atoms with Crippen LogP contribution in [0.5, 0.6) is 0 Å². The second kappa shape index (κ2) is 5.14. The van der Waals surface area contributed by atoms with E-state index in [0.717, 1.165) is 19.5 Å². The van der Waals surface area contributed by atoms with Crippen molar-refractivity contribution in [3.63, 3.8) is 0 Å². The van der Waals surface area contributed by atoms with Gasteiger partial charge in [0.1, 0.15) is 5.82 Å². The SMILES string of the molecule is CC1CCCN(C(=O)c2ccc(NN)nc2)C1. The molecule has 0 spiro atoms. The molecule has 0 aliphatic carbocycles. The number of carbonyl (C=O) groups is 1. The molecule has 1 aromatic rings. The molecule has 1 unspecified atom stereocenters. The molecule has 1 saturated heterocycles. The van der Waals surface area contributed by atoms with Crippen molar-refractivity contribution in [1.29, 1.82) is 0 Å². The summed E-state index contributed by atoms with van der Waals surface area (Å²) in [7, 11) is 0. The van der Waals surface area contributed by atoms with Crippen LogP contribution in [0.3, 0.4) is 0 Å². The van der Waals surface area contributed by atoms with Crippen molar-refractivity contribution in [2.24, 2.45) is 11.8 Å². The molecular formula is C12H18N4O. The van der Waals surface area contributed by atoms with Gasteiger partial charge in [-0.2, -0.15) is 0 Å². The molecule has 5 nitrogen and oxygen atoms in total. The molecular weight excluding hydrogens is 216 g/mol. The van der Waals surface area contributed by atoms with E-state index in [1.54, 1.807) is 18.3 Å². The highest BCUT2D eigenvalue weighted by atomic mass is 16.2. The summed E-state index contributed by atoms with van der Waals surface area (Å²) in [4.78, 5) is 18.1. The van der Waals surface area contributed by atoms with Crippen molar-refractivity contribution >= 4 is 11.7 Å². The van der Waals surface area contributed by atoms with Gasteiger partial charge in [0, 0.05) is 19.3 Å². The Kier molecular flexibility index (Phi) is 3.58. The number of nitrogens with zero attached hydrogens (tertiary/aromatic N) is 2. The van der Waals surface area contributed by atoms with Gasteiger partial charge < -0.3 is 10.3 Å². The summed E-state index contributed by atoms with van der Waals surface area (Å²) in [6.45, 7) is 3.87. The molecule has 1 fully saturated rings. The minimum absolute atomic E-state index is 0.0626. The number of piperidine rings is 1. The van der Waals surface area contributed by atoms with Crippen LogP contribution in [0.25, 0.3) is 0 Å². The lowest BCUT2D eigenvalue weighted by atomic mass is 10.00. The number of amides is 1. The summed E-state index contributed by atoms with van der Waals surface area (Å²) in [6.07, 6.45) is 3.86. The molecule has 0 bridgehead atoms. The maximum atomic E-state index is 12.2. The number of anilines is 1. The Bertz CT molecular complexity index is 390. The highest BCUT2D eigenvalue weighted by Gasteiger charge is 2.21. The van der Waals surface area contributed by atoms with E-state index in [0.29, 0.717) is 17.3 Å².